The highest BCUT2D eigenvalue weighted by Gasteiger charge is 2.08. The van der Waals surface area contributed by atoms with E-state index in [-0.39, 0.29) is 6.61 Å². The summed E-state index contributed by atoms with van der Waals surface area (Å²) >= 11 is 0. The highest BCUT2D eigenvalue weighted by molar-refractivity contribution is 6.24. The molecular weight excluding hydrogens is 190 g/mol. The lowest BCUT2D eigenvalue weighted by Gasteiger charge is -2.00. The second kappa shape index (κ2) is 8.03. The Morgan fingerprint density at radius 1 is 1.43 bits per heavy atom. The van der Waals surface area contributed by atoms with E-state index < -0.39 is 12.1 Å². The number of nitrogens with zero attached hydrogens (tertiary/aromatic N) is 1. The molecule has 0 bridgehead atoms. The van der Waals surface area contributed by atoms with Crippen molar-refractivity contribution in [1.29, 1.82) is 0 Å². The molecule has 80 valence electrons. The zero-order chi connectivity index (χ0) is 10.8. The van der Waals surface area contributed by atoms with Crippen LogP contribution in [0.2, 0.25) is 0 Å². The fourth-order valence-electron chi connectivity index (χ4n) is 0.534. The minimum Gasteiger partial charge on any atom is -0.434 e. The molecule has 6 heteroatoms. The molecule has 0 saturated carbocycles. The van der Waals surface area contributed by atoms with Crippen LogP contribution < -0.4 is 0 Å². The Morgan fingerprint density at radius 2 is 2.14 bits per heavy atom. The molecule has 6 nitrogen and oxygen atoms in total. The molecule has 0 aliphatic heterocycles. The molecule has 0 heterocycles. The standard InChI is InChI=1S/C8H13NO5/c1-3-4-5-13-8(11)14-7(10)6-9-12-2/h6H,3-5H2,1-2H3. The molecule has 0 aliphatic carbocycles. The number of rotatable bonds is 5. The molecule has 0 N–H and O–H groups in total. The third-order valence-corrected chi connectivity index (χ3v) is 1.17. The Kier molecular flexibility index (Phi) is 7.12. The molecule has 0 rings (SSSR count). The van der Waals surface area contributed by atoms with Gasteiger partial charge in [-0.25, -0.2) is 9.59 Å². The summed E-state index contributed by atoms with van der Waals surface area (Å²) in [6.45, 7) is 2.19. The second-order valence-electron chi connectivity index (χ2n) is 2.29. The van der Waals surface area contributed by atoms with Gasteiger partial charge in [0.15, 0.2) is 6.21 Å². The minimum atomic E-state index is -1.02. The first kappa shape index (κ1) is 12.4. The molecule has 0 aromatic rings. The van der Waals surface area contributed by atoms with Crippen LogP contribution in [0.5, 0.6) is 0 Å². The van der Waals surface area contributed by atoms with Gasteiger partial charge in [0.05, 0.1) is 6.61 Å². The van der Waals surface area contributed by atoms with E-state index in [1.165, 1.54) is 7.11 Å². The first-order valence-corrected chi connectivity index (χ1v) is 4.15. The van der Waals surface area contributed by atoms with E-state index in [1.54, 1.807) is 0 Å². The van der Waals surface area contributed by atoms with Crippen molar-refractivity contribution >= 4 is 18.3 Å². The lowest BCUT2D eigenvalue weighted by Crippen LogP contribution is -2.15. The molecule has 0 unspecified atom stereocenters. The van der Waals surface area contributed by atoms with Crippen LogP contribution in [-0.4, -0.2) is 32.1 Å². The molecule has 0 spiro atoms. The molecule has 0 amide bonds. The van der Waals surface area contributed by atoms with E-state index in [2.05, 4.69) is 19.5 Å². The summed E-state index contributed by atoms with van der Waals surface area (Å²) in [5.41, 5.74) is 0. The number of oxime groups is 1. The lowest BCUT2D eigenvalue weighted by molar-refractivity contribution is -0.131. The largest absolute Gasteiger partial charge is 0.516 e. The smallest absolute Gasteiger partial charge is 0.434 e. The summed E-state index contributed by atoms with van der Waals surface area (Å²) in [5.74, 6) is -0.923. The maximum Gasteiger partial charge on any atom is 0.516 e. The third kappa shape index (κ3) is 7.08. The lowest BCUT2D eigenvalue weighted by atomic mass is 10.4. The van der Waals surface area contributed by atoms with Crippen LogP contribution in [0.1, 0.15) is 19.8 Å². The Labute approximate surface area is 81.8 Å². The van der Waals surface area contributed by atoms with Crippen LogP contribution in [0.15, 0.2) is 5.16 Å². The van der Waals surface area contributed by atoms with E-state index in [9.17, 15) is 9.59 Å². The zero-order valence-electron chi connectivity index (χ0n) is 8.19. The van der Waals surface area contributed by atoms with Crippen molar-refractivity contribution < 1.29 is 23.9 Å². The molecule has 0 atom stereocenters. The van der Waals surface area contributed by atoms with Crippen LogP contribution in [0.3, 0.4) is 0 Å². The number of hydrogen-bond acceptors (Lipinski definition) is 6. The van der Waals surface area contributed by atoms with Gasteiger partial charge in [-0.15, -0.1) is 0 Å². The maximum absolute atomic E-state index is 10.7. The van der Waals surface area contributed by atoms with Gasteiger partial charge in [-0.05, 0) is 6.42 Å². The minimum absolute atomic E-state index is 0.240. The van der Waals surface area contributed by atoms with Crippen molar-refractivity contribution in [2.45, 2.75) is 19.8 Å². The Bertz CT molecular complexity index is 214. The van der Waals surface area contributed by atoms with Crippen molar-refractivity contribution in [3.05, 3.63) is 0 Å². The van der Waals surface area contributed by atoms with Gasteiger partial charge in [0, 0.05) is 0 Å². The van der Waals surface area contributed by atoms with E-state index in [0.717, 1.165) is 19.1 Å². The fraction of sp³-hybridized carbons (Fsp3) is 0.625. The number of hydrogen-bond donors (Lipinski definition) is 0. The SMILES string of the molecule is CCCCOC(=O)OC(=O)C=NOC. The van der Waals surface area contributed by atoms with E-state index in [4.69, 9.17) is 0 Å². The normalized spacial score (nSPS) is 9.86. The molecule has 0 saturated heterocycles. The van der Waals surface area contributed by atoms with Gasteiger partial charge < -0.3 is 14.3 Å². The summed E-state index contributed by atoms with van der Waals surface area (Å²) in [6, 6.07) is 0. The van der Waals surface area contributed by atoms with Crippen molar-refractivity contribution in [3.8, 4) is 0 Å². The van der Waals surface area contributed by atoms with E-state index in [0.29, 0.717) is 0 Å². The number of esters is 1. The Balaban J connectivity index is 3.61. The van der Waals surface area contributed by atoms with Gasteiger partial charge >= 0.3 is 12.1 Å². The summed E-state index contributed by atoms with van der Waals surface area (Å²) < 4.78 is 8.72. The van der Waals surface area contributed by atoms with Crippen LogP contribution in [-0.2, 0) is 19.1 Å². The van der Waals surface area contributed by atoms with Crippen LogP contribution in [0.25, 0.3) is 0 Å². The van der Waals surface area contributed by atoms with Crippen molar-refractivity contribution in [2.24, 2.45) is 5.16 Å². The van der Waals surface area contributed by atoms with Crippen LogP contribution in [0.4, 0.5) is 4.79 Å². The monoisotopic (exact) mass is 203 g/mol. The fourth-order valence-corrected chi connectivity index (χ4v) is 0.534. The molecule has 0 radical (unpaired) electrons. The van der Waals surface area contributed by atoms with Crippen molar-refractivity contribution in [2.75, 3.05) is 13.7 Å². The van der Waals surface area contributed by atoms with Gasteiger partial charge in [0.25, 0.3) is 0 Å². The quantitative estimate of drug-likeness (QED) is 0.220. The molecule has 0 aromatic heterocycles. The van der Waals surface area contributed by atoms with Crippen molar-refractivity contribution in [3.63, 3.8) is 0 Å². The third-order valence-electron chi connectivity index (χ3n) is 1.17. The van der Waals surface area contributed by atoms with Crippen molar-refractivity contribution in [1.82, 2.24) is 0 Å². The van der Waals surface area contributed by atoms with Gasteiger partial charge in [-0.3, -0.25) is 0 Å². The number of unbranched alkanes of at least 4 members (excludes halogenated alkanes) is 1. The number of ether oxygens (including phenoxy) is 2. The van der Waals surface area contributed by atoms with Gasteiger partial charge in [-0.1, -0.05) is 18.5 Å². The molecule has 0 fully saturated rings. The maximum atomic E-state index is 10.7. The highest BCUT2D eigenvalue weighted by atomic mass is 16.7. The molecule has 0 aromatic carbocycles. The van der Waals surface area contributed by atoms with Crippen LogP contribution in [0, 0.1) is 0 Å². The number of carbonyl (C=O) groups is 2. The zero-order valence-corrected chi connectivity index (χ0v) is 8.19. The molecule has 14 heavy (non-hydrogen) atoms. The predicted molar refractivity (Wildman–Crippen MR) is 47.8 cm³/mol. The predicted octanol–water partition coefficient (Wildman–Crippen LogP) is 1.10. The summed E-state index contributed by atoms with van der Waals surface area (Å²) in [7, 11) is 1.27. The average Bonchev–Trinajstić information content (AvgIpc) is 2.15. The Hall–Kier alpha value is -1.59. The highest BCUT2D eigenvalue weighted by Crippen LogP contribution is 1.91. The summed E-state index contributed by atoms with van der Waals surface area (Å²) in [4.78, 5) is 25.6. The van der Waals surface area contributed by atoms with E-state index >= 15 is 0 Å². The summed E-state index contributed by atoms with van der Waals surface area (Å²) in [5, 5.41) is 3.11. The summed E-state index contributed by atoms with van der Waals surface area (Å²) in [6.07, 6.45) is 1.34. The van der Waals surface area contributed by atoms with Crippen LogP contribution >= 0.6 is 0 Å². The van der Waals surface area contributed by atoms with Gasteiger partial charge in [-0.2, -0.15) is 0 Å². The van der Waals surface area contributed by atoms with Gasteiger partial charge in [0.2, 0.25) is 0 Å². The topological polar surface area (TPSA) is 74.2 Å². The van der Waals surface area contributed by atoms with E-state index in [1.807, 2.05) is 6.92 Å². The Morgan fingerprint density at radius 3 is 2.71 bits per heavy atom. The first-order valence-electron chi connectivity index (χ1n) is 4.15. The first-order chi connectivity index (χ1) is 6.70. The number of carbonyl (C=O) groups excluding carboxylic acids is 2. The second-order valence-corrected chi connectivity index (χ2v) is 2.29. The molecular formula is C8H13NO5. The van der Waals surface area contributed by atoms with Gasteiger partial charge in [0.1, 0.15) is 7.11 Å². The molecule has 0 aliphatic rings. The average molecular weight is 203 g/mol.